The van der Waals surface area contributed by atoms with Gasteiger partial charge >= 0.3 is 11.6 Å². The number of anilines is 1. The molecule has 148 valence electrons. The highest BCUT2D eigenvalue weighted by Crippen LogP contribution is 2.28. The van der Waals surface area contributed by atoms with Crippen molar-refractivity contribution in [1.29, 1.82) is 0 Å². The lowest BCUT2D eigenvalue weighted by molar-refractivity contribution is -0.186. The van der Waals surface area contributed by atoms with Gasteiger partial charge in [0.25, 0.3) is 16.0 Å². The van der Waals surface area contributed by atoms with Crippen LogP contribution in [0.15, 0.2) is 38.5 Å². The highest BCUT2D eigenvalue weighted by atomic mass is 32.2. The predicted octanol–water partition coefficient (Wildman–Crippen LogP) is 1.07. The molecule has 0 radical (unpaired) electrons. The highest BCUT2D eigenvalue weighted by Gasteiger charge is 2.29. The molecule has 0 aliphatic carbocycles. The molecule has 2 heterocycles. The first-order valence-corrected chi connectivity index (χ1v) is 9.48. The van der Waals surface area contributed by atoms with E-state index >= 15 is 0 Å². The molecule has 1 aromatic heterocycles. The van der Waals surface area contributed by atoms with Gasteiger partial charge in [-0.05, 0) is 25.0 Å². The Morgan fingerprint density at radius 3 is 2.61 bits per heavy atom. The summed E-state index contributed by atoms with van der Waals surface area (Å²) in [5.41, 5.74) is 4.94. The van der Waals surface area contributed by atoms with Crippen LogP contribution in [0.2, 0.25) is 0 Å². The minimum atomic E-state index is -4.61. The van der Waals surface area contributed by atoms with Crippen molar-refractivity contribution in [3.8, 4) is 0 Å². The second-order valence-electron chi connectivity index (χ2n) is 6.25. The quantitative estimate of drug-likeness (QED) is 0.429. The summed E-state index contributed by atoms with van der Waals surface area (Å²) in [6.45, 7) is 5.10. The van der Waals surface area contributed by atoms with Gasteiger partial charge in [-0.2, -0.15) is 8.42 Å². The molecule has 3 N–H and O–H groups in total. The Morgan fingerprint density at radius 1 is 1.36 bits per heavy atom. The summed E-state index contributed by atoms with van der Waals surface area (Å²) in [5, 5.41) is 0.961. The third kappa shape index (κ3) is 3.49. The fourth-order valence-corrected chi connectivity index (χ4v) is 3.51. The Morgan fingerprint density at radius 2 is 2.04 bits per heavy atom. The van der Waals surface area contributed by atoms with Crippen LogP contribution in [0.3, 0.4) is 0 Å². The van der Waals surface area contributed by atoms with E-state index in [1.165, 1.54) is 6.92 Å². The van der Waals surface area contributed by atoms with Gasteiger partial charge in [0.1, 0.15) is 10.5 Å². The van der Waals surface area contributed by atoms with E-state index in [2.05, 4.69) is 6.58 Å². The minimum Gasteiger partial charge on any atom is -0.422 e. The molecule has 0 bridgehead atoms. The maximum atomic E-state index is 12.3. The number of nitrogens with zero attached hydrogens (tertiary/aromatic N) is 1. The Bertz CT molecular complexity index is 1180. The van der Waals surface area contributed by atoms with Crippen LogP contribution in [0.4, 0.5) is 5.69 Å². The summed E-state index contributed by atoms with van der Waals surface area (Å²) < 4.78 is 37.3. The first-order valence-electron chi connectivity index (χ1n) is 8.04. The number of rotatable bonds is 4. The Balaban J connectivity index is 2.00. The van der Waals surface area contributed by atoms with Crippen molar-refractivity contribution in [2.24, 2.45) is 0 Å². The molecule has 0 spiro atoms. The number of carbonyl (C=O) groups is 2. The second-order valence-corrected chi connectivity index (χ2v) is 7.64. The summed E-state index contributed by atoms with van der Waals surface area (Å²) >= 11 is 0. The lowest BCUT2D eigenvalue weighted by Gasteiger charge is -2.16. The first kappa shape index (κ1) is 19.6. The molecule has 3 rings (SSSR count). The average molecular weight is 408 g/mol. The standard InChI is InChI=1S/C17H16N2O8S/c1-8-3-4-15(20)19(8)27-16(21)6-11-9(2)10-5-14(28(23,24)25)12(18)7-13(10)26-17(11)22/h5,7H,1,3-4,6,18H2,2H3,(H,23,24,25). The molecule has 1 amide bonds. The molecule has 1 fully saturated rings. The van der Waals surface area contributed by atoms with E-state index in [1.807, 2.05) is 0 Å². The molecule has 1 aliphatic heterocycles. The van der Waals surface area contributed by atoms with Crippen LogP contribution >= 0.6 is 0 Å². The molecule has 1 saturated heterocycles. The largest absolute Gasteiger partial charge is 0.422 e. The summed E-state index contributed by atoms with van der Waals surface area (Å²) in [4.78, 5) is 40.5. The Hall–Kier alpha value is -3.18. The van der Waals surface area contributed by atoms with Crippen LogP contribution < -0.4 is 11.4 Å². The number of carbonyl (C=O) groups excluding carboxylic acids is 2. The van der Waals surface area contributed by atoms with Crippen LogP contribution in [-0.4, -0.2) is 29.9 Å². The molecule has 1 aromatic carbocycles. The number of allylic oxidation sites excluding steroid dienone is 1. The number of hydrogen-bond donors (Lipinski definition) is 2. The summed E-state index contributed by atoms with van der Waals surface area (Å²) in [6, 6.07) is 2.15. The Kier molecular flexibility index (Phi) is 4.73. The lowest BCUT2D eigenvalue weighted by atomic mass is 10.0. The zero-order valence-corrected chi connectivity index (χ0v) is 15.5. The van der Waals surface area contributed by atoms with Gasteiger partial charge in [-0.25, -0.2) is 9.59 Å². The van der Waals surface area contributed by atoms with E-state index in [9.17, 15) is 27.4 Å². The molecule has 1 aliphatic rings. The topological polar surface area (TPSA) is 157 Å². The van der Waals surface area contributed by atoms with Gasteiger partial charge in [0, 0.05) is 17.9 Å². The van der Waals surface area contributed by atoms with Crippen molar-refractivity contribution in [3.05, 3.63) is 46.0 Å². The number of hydroxylamine groups is 2. The molecule has 10 nitrogen and oxygen atoms in total. The number of aryl methyl sites for hydroxylation is 1. The third-order valence-corrected chi connectivity index (χ3v) is 5.26. The summed E-state index contributed by atoms with van der Waals surface area (Å²) in [6.07, 6.45) is 0.0128. The zero-order chi connectivity index (χ0) is 20.8. The number of benzene rings is 1. The first-order chi connectivity index (χ1) is 13.0. The van der Waals surface area contributed by atoms with Gasteiger partial charge in [0.2, 0.25) is 0 Å². The van der Waals surface area contributed by atoms with Crippen LogP contribution in [-0.2, 0) is 31.0 Å². The van der Waals surface area contributed by atoms with Crippen LogP contribution in [0.5, 0.6) is 0 Å². The van der Waals surface area contributed by atoms with Crippen molar-refractivity contribution in [2.45, 2.75) is 31.1 Å². The Labute approximate surface area is 158 Å². The molecule has 0 atom stereocenters. The molecule has 28 heavy (non-hydrogen) atoms. The second kappa shape index (κ2) is 6.77. The monoisotopic (exact) mass is 408 g/mol. The molecule has 2 aromatic rings. The van der Waals surface area contributed by atoms with E-state index < -0.39 is 38.9 Å². The van der Waals surface area contributed by atoms with Gasteiger partial charge in [-0.1, -0.05) is 6.58 Å². The smallest absolute Gasteiger partial charge is 0.340 e. The SMILES string of the molecule is C=C1CCC(=O)N1OC(=O)Cc1c(C)c2cc(S(=O)(=O)O)c(N)cc2oc1=O. The number of nitrogen functional groups attached to an aromatic ring is 1. The number of hydrogen-bond acceptors (Lipinski definition) is 8. The number of fused-ring (bicyclic) bond motifs is 1. The lowest BCUT2D eigenvalue weighted by Crippen LogP contribution is -2.29. The van der Waals surface area contributed by atoms with E-state index in [0.717, 1.165) is 17.2 Å². The van der Waals surface area contributed by atoms with Crippen LogP contribution in [0.25, 0.3) is 11.0 Å². The van der Waals surface area contributed by atoms with Crippen molar-refractivity contribution in [2.75, 3.05) is 5.73 Å². The van der Waals surface area contributed by atoms with Gasteiger partial charge in [-0.15, -0.1) is 5.06 Å². The van der Waals surface area contributed by atoms with Crippen LogP contribution in [0, 0.1) is 6.92 Å². The predicted molar refractivity (Wildman–Crippen MR) is 96.5 cm³/mol. The van der Waals surface area contributed by atoms with Crippen molar-refractivity contribution >= 4 is 38.7 Å². The molecule has 11 heteroatoms. The summed E-state index contributed by atoms with van der Waals surface area (Å²) in [5.74, 6) is -1.31. The molecular weight excluding hydrogens is 392 g/mol. The highest BCUT2D eigenvalue weighted by molar-refractivity contribution is 7.86. The van der Waals surface area contributed by atoms with Gasteiger partial charge in [0.05, 0.1) is 23.4 Å². The van der Waals surface area contributed by atoms with Crippen molar-refractivity contribution < 1.29 is 31.8 Å². The minimum absolute atomic E-state index is 0.00684. The zero-order valence-electron chi connectivity index (χ0n) is 14.7. The fraction of sp³-hybridized carbons (Fsp3) is 0.235. The third-order valence-electron chi connectivity index (χ3n) is 4.35. The van der Waals surface area contributed by atoms with Gasteiger partial charge in [-0.3, -0.25) is 9.35 Å². The molecule has 0 saturated carbocycles. The number of nitrogens with two attached hydrogens (primary N) is 1. The maximum Gasteiger partial charge on any atom is 0.340 e. The molecule has 0 unspecified atom stereocenters. The fourth-order valence-electron chi connectivity index (χ4n) is 2.88. The van der Waals surface area contributed by atoms with Crippen LogP contribution in [0.1, 0.15) is 24.0 Å². The molecular formula is C17H16N2O8S. The maximum absolute atomic E-state index is 12.3. The van der Waals surface area contributed by atoms with E-state index in [0.29, 0.717) is 12.1 Å². The van der Waals surface area contributed by atoms with E-state index in [1.54, 1.807) is 0 Å². The van der Waals surface area contributed by atoms with E-state index in [4.69, 9.17) is 15.0 Å². The summed E-state index contributed by atoms with van der Waals surface area (Å²) in [7, 11) is -4.61. The normalized spacial score (nSPS) is 14.7. The van der Waals surface area contributed by atoms with Crippen molar-refractivity contribution in [1.82, 2.24) is 5.06 Å². The van der Waals surface area contributed by atoms with Crippen molar-refractivity contribution in [3.63, 3.8) is 0 Å². The van der Waals surface area contributed by atoms with Gasteiger partial charge < -0.3 is 15.0 Å². The average Bonchev–Trinajstić information content (AvgIpc) is 2.89. The van der Waals surface area contributed by atoms with E-state index in [-0.39, 0.29) is 34.2 Å². The van der Waals surface area contributed by atoms with Gasteiger partial charge in [0.15, 0.2) is 0 Å². The number of amides is 1.